The molecular weight excluding hydrogens is 393 g/mol. The van der Waals surface area contributed by atoms with Crippen molar-refractivity contribution in [2.75, 3.05) is 0 Å². The van der Waals surface area contributed by atoms with Gasteiger partial charge in [-0.3, -0.25) is 4.40 Å². The highest BCUT2D eigenvalue weighted by Crippen LogP contribution is 2.35. The number of benzene rings is 1. The van der Waals surface area contributed by atoms with E-state index in [0.29, 0.717) is 32.6 Å². The van der Waals surface area contributed by atoms with E-state index in [2.05, 4.69) is 20.4 Å². The van der Waals surface area contributed by atoms with Crippen LogP contribution in [0.2, 0.25) is 10.0 Å². The second kappa shape index (κ2) is 6.90. The fraction of sp³-hybridized carbons (Fsp3) is 0.176. The Labute approximate surface area is 163 Å². The molecule has 26 heavy (non-hydrogen) atoms. The van der Waals surface area contributed by atoms with E-state index in [4.69, 9.17) is 27.6 Å². The average molecular weight is 406 g/mol. The number of nitrogens with zero attached hydrogens (tertiary/aromatic N) is 5. The van der Waals surface area contributed by atoms with Crippen LogP contribution in [-0.4, -0.2) is 24.8 Å². The Morgan fingerprint density at radius 2 is 1.85 bits per heavy atom. The van der Waals surface area contributed by atoms with Crippen molar-refractivity contribution in [2.24, 2.45) is 0 Å². The lowest BCUT2D eigenvalue weighted by Crippen LogP contribution is -1.93. The number of pyridine rings is 1. The van der Waals surface area contributed by atoms with Crippen LogP contribution in [-0.2, 0) is 0 Å². The number of aryl methyl sites for hydroxylation is 1. The standard InChI is InChI=1S/C17H13Cl2N5OS/c1-9-3-5-11(6-4-9)16-22-21-15(25-16)10(2)26-17-23-20-14-13(19)7-12(18)8-24(14)17/h3-8,10H,1-2H3/t10-/m1/s1. The molecule has 0 aliphatic carbocycles. The second-order valence-electron chi connectivity index (χ2n) is 5.75. The minimum Gasteiger partial charge on any atom is -0.419 e. The molecule has 0 saturated heterocycles. The quantitative estimate of drug-likeness (QED) is 0.432. The molecule has 0 spiro atoms. The van der Waals surface area contributed by atoms with Crippen molar-refractivity contribution < 1.29 is 4.42 Å². The highest BCUT2D eigenvalue weighted by molar-refractivity contribution is 7.99. The van der Waals surface area contributed by atoms with E-state index in [1.54, 1.807) is 16.7 Å². The first kappa shape index (κ1) is 17.3. The zero-order valence-corrected chi connectivity index (χ0v) is 16.2. The lowest BCUT2D eigenvalue weighted by Gasteiger charge is -2.05. The summed E-state index contributed by atoms with van der Waals surface area (Å²) in [7, 11) is 0. The molecule has 4 aromatic rings. The van der Waals surface area contributed by atoms with Gasteiger partial charge < -0.3 is 4.42 Å². The lowest BCUT2D eigenvalue weighted by molar-refractivity contribution is 0.509. The van der Waals surface area contributed by atoms with Gasteiger partial charge in [-0.15, -0.1) is 20.4 Å². The van der Waals surface area contributed by atoms with Gasteiger partial charge in [0.05, 0.1) is 15.3 Å². The van der Waals surface area contributed by atoms with Crippen LogP contribution < -0.4 is 0 Å². The van der Waals surface area contributed by atoms with E-state index in [0.717, 1.165) is 5.56 Å². The zero-order valence-electron chi connectivity index (χ0n) is 13.8. The maximum atomic E-state index is 6.15. The number of fused-ring (bicyclic) bond motifs is 1. The number of rotatable bonds is 4. The van der Waals surface area contributed by atoms with E-state index in [9.17, 15) is 0 Å². The molecule has 4 rings (SSSR count). The molecule has 6 nitrogen and oxygen atoms in total. The third-order valence-electron chi connectivity index (χ3n) is 3.76. The second-order valence-corrected chi connectivity index (χ2v) is 7.91. The van der Waals surface area contributed by atoms with Crippen LogP contribution in [0.4, 0.5) is 0 Å². The Kier molecular flexibility index (Phi) is 4.60. The summed E-state index contributed by atoms with van der Waals surface area (Å²) in [5, 5.41) is 18.1. The summed E-state index contributed by atoms with van der Waals surface area (Å²) < 4.78 is 7.58. The highest BCUT2D eigenvalue weighted by Gasteiger charge is 2.20. The molecule has 3 aromatic heterocycles. The lowest BCUT2D eigenvalue weighted by atomic mass is 10.1. The topological polar surface area (TPSA) is 69.1 Å². The molecule has 0 radical (unpaired) electrons. The molecule has 0 unspecified atom stereocenters. The van der Waals surface area contributed by atoms with Gasteiger partial charge in [0.25, 0.3) is 0 Å². The first-order chi connectivity index (χ1) is 12.5. The Morgan fingerprint density at radius 3 is 2.62 bits per heavy atom. The normalized spacial score (nSPS) is 12.6. The van der Waals surface area contributed by atoms with Crippen LogP contribution in [0.25, 0.3) is 17.1 Å². The third-order valence-corrected chi connectivity index (χ3v) is 5.29. The first-order valence-electron chi connectivity index (χ1n) is 7.78. The number of hydrogen-bond donors (Lipinski definition) is 0. The molecule has 132 valence electrons. The molecule has 3 heterocycles. The van der Waals surface area contributed by atoms with E-state index in [1.807, 2.05) is 38.1 Å². The van der Waals surface area contributed by atoms with Crippen LogP contribution in [0.3, 0.4) is 0 Å². The number of halogens is 2. The van der Waals surface area contributed by atoms with E-state index < -0.39 is 0 Å². The molecule has 1 atom stereocenters. The van der Waals surface area contributed by atoms with Gasteiger partial charge in [-0.2, -0.15) is 0 Å². The molecule has 0 N–H and O–H groups in total. The first-order valence-corrected chi connectivity index (χ1v) is 9.41. The van der Waals surface area contributed by atoms with Gasteiger partial charge in [0.2, 0.25) is 11.8 Å². The molecule has 0 saturated carbocycles. The average Bonchev–Trinajstić information content (AvgIpc) is 3.24. The van der Waals surface area contributed by atoms with Crippen LogP contribution in [0, 0.1) is 6.92 Å². The van der Waals surface area contributed by atoms with Crippen LogP contribution >= 0.6 is 35.0 Å². The van der Waals surface area contributed by atoms with Crippen molar-refractivity contribution >= 4 is 40.6 Å². The minimum absolute atomic E-state index is 0.119. The molecule has 0 bridgehead atoms. The van der Waals surface area contributed by atoms with Crippen LogP contribution in [0.5, 0.6) is 0 Å². The summed E-state index contributed by atoms with van der Waals surface area (Å²) in [4.78, 5) is 0. The highest BCUT2D eigenvalue weighted by atomic mass is 35.5. The Hall–Kier alpha value is -2.09. The summed E-state index contributed by atoms with van der Waals surface area (Å²) in [6, 6.07) is 9.57. The van der Waals surface area contributed by atoms with Gasteiger partial charge in [0.1, 0.15) is 0 Å². The van der Waals surface area contributed by atoms with Gasteiger partial charge in [-0.05, 0) is 32.0 Å². The van der Waals surface area contributed by atoms with Gasteiger partial charge in [0, 0.05) is 11.8 Å². The largest absolute Gasteiger partial charge is 0.419 e. The predicted octanol–water partition coefficient (Wildman–Crippen LogP) is 5.25. The van der Waals surface area contributed by atoms with Crippen LogP contribution in [0.1, 0.15) is 23.6 Å². The minimum atomic E-state index is -0.119. The summed E-state index contributed by atoms with van der Waals surface area (Å²) in [6.07, 6.45) is 1.73. The van der Waals surface area contributed by atoms with Gasteiger partial charge >= 0.3 is 0 Å². The fourth-order valence-electron chi connectivity index (χ4n) is 2.40. The monoisotopic (exact) mass is 405 g/mol. The van der Waals surface area contributed by atoms with Crippen molar-refractivity contribution in [3.8, 4) is 11.5 Å². The molecule has 0 aliphatic rings. The SMILES string of the molecule is Cc1ccc(-c2nnc([C@@H](C)Sc3nnc4c(Cl)cc(Cl)cn34)o2)cc1. The van der Waals surface area contributed by atoms with E-state index >= 15 is 0 Å². The van der Waals surface area contributed by atoms with Crippen molar-refractivity contribution in [2.45, 2.75) is 24.3 Å². The molecule has 1 aromatic carbocycles. The summed E-state index contributed by atoms with van der Waals surface area (Å²) in [5.41, 5.74) is 2.61. The van der Waals surface area contributed by atoms with Crippen molar-refractivity contribution in [1.29, 1.82) is 0 Å². The number of thioether (sulfide) groups is 1. The molecule has 0 amide bonds. The van der Waals surface area contributed by atoms with Crippen molar-refractivity contribution in [1.82, 2.24) is 24.8 Å². The van der Waals surface area contributed by atoms with E-state index in [1.165, 1.54) is 17.3 Å². The van der Waals surface area contributed by atoms with Gasteiger partial charge in [-0.1, -0.05) is 52.7 Å². The Morgan fingerprint density at radius 1 is 1.08 bits per heavy atom. The van der Waals surface area contributed by atoms with Crippen molar-refractivity contribution in [3.05, 3.63) is 58.0 Å². The van der Waals surface area contributed by atoms with Gasteiger partial charge in [-0.25, -0.2) is 0 Å². The Balaban J connectivity index is 1.59. The van der Waals surface area contributed by atoms with Crippen LogP contribution in [0.15, 0.2) is 46.1 Å². The number of hydrogen-bond acceptors (Lipinski definition) is 6. The van der Waals surface area contributed by atoms with Gasteiger partial charge in [0.15, 0.2) is 10.8 Å². The van der Waals surface area contributed by atoms with Crippen molar-refractivity contribution in [3.63, 3.8) is 0 Å². The summed E-state index contributed by atoms with van der Waals surface area (Å²) >= 11 is 13.7. The maximum absolute atomic E-state index is 6.15. The summed E-state index contributed by atoms with van der Waals surface area (Å²) in [6.45, 7) is 3.99. The van der Waals surface area contributed by atoms with E-state index in [-0.39, 0.29) is 5.25 Å². The molecule has 0 aliphatic heterocycles. The zero-order chi connectivity index (χ0) is 18.3. The number of aromatic nitrogens is 5. The molecular formula is C17H13Cl2N5OS. The molecule has 9 heteroatoms. The predicted molar refractivity (Wildman–Crippen MR) is 102 cm³/mol. The maximum Gasteiger partial charge on any atom is 0.247 e. The smallest absolute Gasteiger partial charge is 0.247 e. The summed E-state index contributed by atoms with van der Waals surface area (Å²) in [5.74, 6) is 1.00. The molecule has 0 fully saturated rings. The third kappa shape index (κ3) is 3.30. The Bertz CT molecular complexity index is 1080. The fourth-order valence-corrected chi connectivity index (χ4v) is 3.76.